The molecule has 1 aromatic heterocycles. The highest BCUT2D eigenvalue weighted by Gasteiger charge is 2.48. The average molecular weight is 350 g/mol. The number of amides is 2. The van der Waals surface area contributed by atoms with E-state index in [4.69, 9.17) is 4.74 Å². The lowest BCUT2D eigenvalue weighted by atomic mass is 10.0. The molecule has 2 fully saturated rings. The Kier molecular flexibility index (Phi) is 5.01. The van der Waals surface area contributed by atoms with Gasteiger partial charge in [0.25, 0.3) is 5.91 Å². The molecule has 2 amide bonds. The minimum absolute atomic E-state index is 0.0432. The number of carbonyl (C=O) groups excluding carboxylic acids is 3. The third-order valence-corrected chi connectivity index (χ3v) is 5.17. The van der Waals surface area contributed by atoms with Gasteiger partial charge >= 0.3 is 0 Å². The zero-order chi connectivity index (χ0) is 17.3. The number of ether oxygens (including phenoxy) is 1. The summed E-state index contributed by atoms with van der Waals surface area (Å²) in [6.07, 6.45) is 1.03. The maximum atomic E-state index is 13.0. The summed E-state index contributed by atoms with van der Waals surface area (Å²) >= 11 is 1.44. The van der Waals surface area contributed by atoms with Crippen molar-refractivity contribution >= 4 is 28.9 Å². The van der Waals surface area contributed by atoms with E-state index in [1.807, 2.05) is 19.2 Å². The number of likely N-dealkylation sites (tertiary alicyclic amines) is 1. The Bertz CT molecular complexity index is 629. The molecule has 2 aliphatic rings. The highest BCUT2D eigenvalue weighted by Crippen LogP contribution is 2.28. The first-order valence-electron chi connectivity index (χ1n) is 8.25. The van der Waals surface area contributed by atoms with Crippen molar-refractivity contribution in [1.82, 2.24) is 10.2 Å². The monoisotopic (exact) mass is 350 g/mol. The second-order valence-corrected chi connectivity index (χ2v) is 7.53. The van der Waals surface area contributed by atoms with Crippen LogP contribution < -0.4 is 5.32 Å². The minimum Gasteiger partial charge on any atom is -0.368 e. The van der Waals surface area contributed by atoms with Crippen molar-refractivity contribution in [3.05, 3.63) is 22.4 Å². The third kappa shape index (κ3) is 3.37. The number of thiophene rings is 1. The van der Waals surface area contributed by atoms with Crippen LogP contribution in [0.3, 0.4) is 0 Å². The van der Waals surface area contributed by atoms with Crippen molar-refractivity contribution in [2.24, 2.45) is 5.92 Å². The van der Waals surface area contributed by atoms with Crippen LogP contribution in [0.1, 0.15) is 37.0 Å². The Morgan fingerprint density at radius 3 is 2.92 bits per heavy atom. The van der Waals surface area contributed by atoms with Crippen molar-refractivity contribution in [1.29, 1.82) is 0 Å². The summed E-state index contributed by atoms with van der Waals surface area (Å²) in [5.74, 6) is -0.229. The van der Waals surface area contributed by atoms with E-state index in [2.05, 4.69) is 5.32 Å². The van der Waals surface area contributed by atoms with Crippen molar-refractivity contribution < 1.29 is 19.1 Å². The quantitative estimate of drug-likeness (QED) is 0.872. The first-order chi connectivity index (χ1) is 11.5. The van der Waals surface area contributed by atoms with E-state index in [9.17, 15) is 14.4 Å². The van der Waals surface area contributed by atoms with Gasteiger partial charge < -0.3 is 15.0 Å². The molecule has 3 rings (SSSR count). The van der Waals surface area contributed by atoms with E-state index in [0.29, 0.717) is 24.9 Å². The SMILES string of the molecule is CC(C)CC(NC(=O)c1ccsc1)C(=O)N1CCC2OCC(=O)C21. The highest BCUT2D eigenvalue weighted by molar-refractivity contribution is 7.08. The highest BCUT2D eigenvalue weighted by atomic mass is 32.1. The maximum Gasteiger partial charge on any atom is 0.252 e. The topological polar surface area (TPSA) is 75.7 Å². The van der Waals surface area contributed by atoms with E-state index >= 15 is 0 Å². The number of hydrogen-bond donors (Lipinski definition) is 1. The van der Waals surface area contributed by atoms with Gasteiger partial charge in [-0.05, 0) is 30.2 Å². The average Bonchev–Trinajstić information content (AvgIpc) is 3.24. The molecule has 2 saturated heterocycles. The molecule has 3 unspecified atom stereocenters. The predicted molar refractivity (Wildman–Crippen MR) is 89.9 cm³/mol. The summed E-state index contributed by atoms with van der Waals surface area (Å²) in [4.78, 5) is 38.9. The molecular weight excluding hydrogens is 328 g/mol. The third-order valence-electron chi connectivity index (χ3n) is 4.49. The largest absolute Gasteiger partial charge is 0.368 e. The lowest BCUT2D eigenvalue weighted by Gasteiger charge is -2.28. The molecule has 0 aliphatic carbocycles. The standard InChI is InChI=1S/C17H22N2O4S/c1-10(2)7-12(18-16(21)11-4-6-24-9-11)17(22)19-5-3-14-15(19)13(20)8-23-14/h4,6,9-10,12,14-15H,3,5,7-8H2,1-2H3,(H,18,21). The lowest BCUT2D eigenvalue weighted by molar-refractivity contribution is -0.138. The Morgan fingerprint density at radius 2 is 2.25 bits per heavy atom. The van der Waals surface area contributed by atoms with E-state index in [1.54, 1.807) is 16.3 Å². The molecule has 0 saturated carbocycles. The van der Waals surface area contributed by atoms with Gasteiger partial charge in [-0.2, -0.15) is 11.3 Å². The van der Waals surface area contributed by atoms with Crippen molar-refractivity contribution in [2.45, 2.75) is 44.9 Å². The van der Waals surface area contributed by atoms with Crippen LogP contribution in [0.5, 0.6) is 0 Å². The molecule has 0 radical (unpaired) electrons. The molecule has 7 heteroatoms. The molecule has 1 aromatic rings. The van der Waals surface area contributed by atoms with E-state index in [-0.39, 0.29) is 36.2 Å². The van der Waals surface area contributed by atoms with Gasteiger partial charge in [0, 0.05) is 11.9 Å². The zero-order valence-corrected chi connectivity index (χ0v) is 14.7. The van der Waals surface area contributed by atoms with Crippen LogP contribution in [-0.4, -0.2) is 53.8 Å². The fourth-order valence-electron chi connectivity index (χ4n) is 3.37. The normalized spacial score (nSPS) is 24.3. The Morgan fingerprint density at radius 1 is 1.46 bits per heavy atom. The van der Waals surface area contributed by atoms with E-state index in [1.165, 1.54) is 11.3 Å². The second-order valence-electron chi connectivity index (χ2n) is 6.75. The lowest BCUT2D eigenvalue weighted by Crippen LogP contribution is -2.52. The Labute approximate surface area is 145 Å². The first kappa shape index (κ1) is 17.1. The molecule has 3 heterocycles. The molecule has 0 spiro atoms. The fraction of sp³-hybridized carbons (Fsp3) is 0.588. The van der Waals surface area contributed by atoms with E-state index < -0.39 is 12.1 Å². The van der Waals surface area contributed by atoms with Gasteiger partial charge in [-0.1, -0.05) is 13.8 Å². The summed E-state index contributed by atoms with van der Waals surface area (Å²) in [5, 5.41) is 6.43. The number of hydrogen-bond acceptors (Lipinski definition) is 5. The van der Waals surface area contributed by atoms with Crippen LogP contribution in [-0.2, 0) is 14.3 Å². The smallest absolute Gasteiger partial charge is 0.252 e. The van der Waals surface area contributed by atoms with Crippen molar-refractivity contribution in [3.8, 4) is 0 Å². The fourth-order valence-corrected chi connectivity index (χ4v) is 4.01. The zero-order valence-electron chi connectivity index (χ0n) is 13.9. The maximum absolute atomic E-state index is 13.0. The predicted octanol–water partition coefficient (Wildman–Crippen LogP) is 1.46. The van der Waals surface area contributed by atoms with Gasteiger partial charge in [-0.25, -0.2) is 0 Å². The summed E-state index contributed by atoms with van der Waals surface area (Å²) in [6, 6.07) is 0.631. The van der Waals surface area contributed by atoms with Crippen LogP contribution in [0.4, 0.5) is 0 Å². The van der Waals surface area contributed by atoms with Gasteiger partial charge in [-0.15, -0.1) is 0 Å². The summed E-state index contributed by atoms with van der Waals surface area (Å²) in [5.41, 5.74) is 0.557. The molecule has 24 heavy (non-hydrogen) atoms. The van der Waals surface area contributed by atoms with Crippen molar-refractivity contribution in [3.63, 3.8) is 0 Å². The number of nitrogens with one attached hydrogen (secondary N) is 1. The van der Waals surface area contributed by atoms with Gasteiger partial charge in [-0.3, -0.25) is 14.4 Å². The van der Waals surface area contributed by atoms with Gasteiger partial charge in [0.2, 0.25) is 5.91 Å². The number of carbonyl (C=O) groups is 3. The second kappa shape index (κ2) is 7.03. The Hall–Kier alpha value is -1.73. The van der Waals surface area contributed by atoms with Crippen LogP contribution in [0, 0.1) is 5.92 Å². The number of fused-ring (bicyclic) bond motifs is 1. The number of nitrogens with zero attached hydrogens (tertiary/aromatic N) is 1. The van der Waals surface area contributed by atoms with Crippen molar-refractivity contribution in [2.75, 3.05) is 13.2 Å². The molecular formula is C17H22N2O4S. The molecule has 3 atom stereocenters. The first-order valence-corrected chi connectivity index (χ1v) is 9.19. The summed E-state index contributed by atoms with van der Waals surface area (Å²) in [7, 11) is 0. The molecule has 2 aliphatic heterocycles. The Balaban J connectivity index is 1.74. The summed E-state index contributed by atoms with van der Waals surface area (Å²) < 4.78 is 5.44. The van der Waals surface area contributed by atoms with Gasteiger partial charge in [0.15, 0.2) is 5.78 Å². The number of rotatable bonds is 5. The summed E-state index contributed by atoms with van der Waals surface area (Å²) in [6.45, 7) is 4.60. The number of ketones is 1. The molecule has 130 valence electrons. The molecule has 0 aromatic carbocycles. The van der Waals surface area contributed by atoms with E-state index in [0.717, 1.165) is 0 Å². The molecule has 6 nitrogen and oxygen atoms in total. The molecule has 1 N–H and O–H groups in total. The number of Topliss-reactive ketones (excluding diaryl/α,β-unsaturated/α-hetero) is 1. The van der Waals surface area contributed by atoms with Crippen LogP contribution in [0.25, 0.3) is 0 Å². The van der Waals surface area contributed by atoms with Crippen LogP contribution in [0.2, 0.25) is 0 Å². The minimum atomic E-state index is -0.621. The van der Waals surface area contributed by atoms with Gasteiger partial charge in [0.1, 0.15) is 18.7 Å². The van der Waals surface area contributed by atoms with Crippen LogP contribution in [0.15, 0.2) is 16.8 Å². The molecule has 0 bridgehead atoms. The van der Waals surface area contributed by atoms with Crippen LogP contribution >= 0.6 is 11.3 Å². The van der Waals surface area contributed by atoms with Gasteiger partial charge in [0.05, 0.1) is 11.7 Å².